The van der Waals surface area contributed by atoms with Gasteiger partial charge in [-0.1, -0.05) is 37.5 Å². The van der Waals surface area contributed by atoms with Crippen molar-refractivity contribution in [3.8, 4) is 0 Å². The van der Waals surface area contributed by atoms with Crippen LogP contribution in [0.3, 0.4) is 0 Å². The highest BCUT2D eigenvalue weighted by molar-refractivity contribution is 9.11. The van der Waals surface area contributed by atoms with Crippen LogP contribution in [0, 0.1) is 17.8 Å². The zero-order valence-corrected chi connectivity index (χ0v) is 13.3. The van der Waals surface area contributed by atoms with Gasteiger partial charge in [0.15, 0.2) is 0 Å². The number of hydrogen-bond donors (Lipinski definition) is 0. The van der Waals surface area contributed by atoms with Gasteiger partial charge in [-0.2, -0.15) is 0 Å². The van der Waals surface area contributed by atoms with Crippen molar-refractivity contribution in [2.24, 2.45) is 17.8 Å². The minimum atomic E-state index is 0.613. The second kappa shape index (κ2) is 5.10. The van der Waals surface area contributed by atoms with Gasteiger partial charge in [0, 0.05) is 4.32 Å². The maximum atomic E-state index is 3.96. The van der Waals surface area contributed by atoms with E-state index >= 15 is 0 Å². The lowest BCUT2D eigenvalue weighted by Crippen LogP contribution is -2.46. The molecule has 0 unspecified atom stereocenters. The second-order valence-corrected chi connectivity index (χ2v) is 11.1. The Balaban J connectivity index is 0.000000137. The van der Waals surface area contributed by atoms with Crippen molar-refractivity contribution in [3.63, 3.8) is 0 Å². The molecule has 0 spiro atoms. The minimum absolute atomic E-state index is 0.613. The predicted molar refractivity (Wildman–Crippen MR) is 81.7 cm³/mol. The van der Waals surface area contributed by atoms with Crippen molar-refractivity contribution < 1.29 is 0 Å². The van der Waals surface area contributed by atoms with Crippen LogP contribution in [0.15, 0.2) is 10.8 Å². The Morgan fingerprint density at radius 2 is 1.31 bits per heavy atom. The molecule has 4 fully saturated rings. The molecular formula is C12H17BrS3. The highest BCUT2D eigenvalue weighted by atomic mass is 79.9. The summed E-state index contributed by atoms with van der Waals surface area (Å²) in [5.74, 6) is 3.29. The summed E-state index contributed by atoms with van der Waals surface area (Å²) in [4.78, 5) is 0. The maximum absolute atomic E-state index is 3.96. The van der Waals surface area contributed by atoms with Crippen LogP contribution in [0.1, 0.15) is 38.5 Å². The fraction of sp³-hybridized carbons (Fsp3) is 0.833. The van der Waals surface area contributed by atoms with E-state index in [1.165, 1.54) is 19.3 Å². The van der Waals surface area contributed by atoms with Crippen LogP contribution < -0.4 is 0 Å². The van der Waals surface area contributed by atoms with E-state index in [9.17, 15) is 0 Å². The first-order chi connectivity index (χ1) is 7.73. The Morgan fingerprint density at radius 1 is 0.875 bits per heavy atom. The normalized spacial score (nSPS) is 47.9. The van der Waals surface area contributed by atoms with E-state index in [1.54, 1.807) is 50.7 Å². The van der Waals surface area contributed by atoms with E-state index in [0.29, 0.717) is 4.32 Å². The SMILES string of the molecule is BrC12CC3CC(CC(C3)C1)C2.C1=CSSS1. The molecular weight excluding hydrogens is 320 g/mol. The number of hydrogen-bond acceptors (Lipinski definition) is 3. The van der Waals surface area contributed by atoms with Crippen molar-refractivity contribution in [2.45, 2.75) is 42.8 Å². The summed E-state index contributed by atoms with van der Waals surface area (Å²) in [5.41, 5.74) is 0. The van der Waals surface area contributed by atoms with Gasteiger partial charge in [-0.25, -0.2) is 0 Å². The molecule has 4 bridgehead atoms. The molecule has 5 aliphatic rings. The van der Waals surface area contributed by atoms with Gasteiger partial charge in [-0.05, 0) is 76.9 Å². The second-order valence-electron chi connectivity index (χ2n) is 5.60. The molecule has 90 valence electrons. The zero-order chi connectivity index (χ0) is 11.0. The van der Waals surface area contributed by atoms with Crippen molar-refractivity contribution in [2.75, 3.05) is 0 Å². The molecule has 1 aliphatic heterocycles. The summed E-state index contributed by atoms with van der Waals surface area (Å²) in [6.07, 6.45) is 9.14. The van der Waals surface area contributed by atoms with Gasteiger partial charge in [0.2, 0.25) is 0 Å². The summed E-state index contributed by atoms with van der Waals surface area (Å²) in [6.45, 7) is 0. The molecule has 16 heavy (non-hydrogen) atoms. The fourth-order valence-corrected chi connectivity index (χ4v) is 8.44. The smallest absolute Gasteiger partial charge is 0.0266 e. The first kappa shape index (κ1) is 12.3. The van der Waals surface area contributed by atoms with Gasteiger partial charge >= 0.3 is 0 Å². The average molecular weight is 337 g/mol. The highest BCUT2D eigenvalue weighted by Gasteiger charge is 2.49. The standard InChI is InChI=1S/C10H15Br.C2H2S3/c11-10-4-7-1-8(5-10)3-9(2-7)6-10;1-2-4-5-3-1/h7-9H,1-6H2;1-2H. The third kappa shape index (κ3) is 2.81. The first-order valence-electron chi connectivity index (χ1n) is 6.06. The Labute approximate surface area is 118 Å². The Bertz CT molecular complexity index is 249. The Morgan fingerprint density at radius 3 is 1.56 bits per heavy atom. The quantitative estimate of drug-likeness (QED) is 0.402. The molecule has 0 N–H and O–H groups in total. The van der Waals surface area contributed by atoms with E-state index in [-0.39, 0.29) is 0 Å². The zero-order valence-electron chi connectivity index (χ0n) is 9.23. The van der Waals surface area contributed by atoms with Crippen LogP contribution in [0.25, 0.3) is 0 Å². The minimum Gasteiger partial charge on any atom is -0.0853 e. The molecule has 0 aromatic carbocycles. The molecule has 4 aliphatic carbocycles. The van der Waals surface area contributed by atoms with Gasteiger partial charge in [-0.3, -0.25) is 0 Å². The fourth-order valence-electron chi connectivity index (χ4n) is 4.12. The monoisotopic (exact) mass is 336 g/mol. The van der Waals surface area contributed by atoms with Crippen molar-refractivity contribution in [1.29, 1.82) is 0 Å². The lowest BCUT2D eigenvalue weighted by atomic mass is 9.56. The molecule has 0 atom stereocenters. The molecule has 0 saturated heterocycles. The topological polar surface area (TPSA) is 0 Å². The highest BCUT2D eigenvalue weighted by Crippen LogP contribution is 2.58. The van der Waals surface area contributed by atoms with Crippen LogP contribution in [0.2, 0.25) is 0 Å². The summed E-state index contributed by atoms with van der Waals surface area (Å²) in [6, 6.07) is 0. The summed E-state index contributed by atoms with van der Waals surface area (Å²) in [7, 11) is 5.34. The van der Waals surface area contributed by atoms with E-state index in [4.69, 9.17) is 0 Å². The number of halogens is 1. The predicted octanol–water partition coefficient (Wildman–Crippen LogP) is 5.85. The van der Waals surface area contributed by atoms with Crippen LogP contribution in [-0.4, -0.2) is 4.32 Å². The third-order valence-electron chi connectivity index (χ3n) is 4.21. The van der Waals surface area contributed by atoms with Crippen LogP contribution >= 0.6 is 47.3 Å². The van der Waals surface area contributed by atoms with Crippen LogP contribution in [0.4, 0.5) is 0 Å². The van der Waals surface area contributed by atoms with Gasteiger partial charge in [0.25, 0.3) is 0 Å². The van der Waals surface area contributed by atoms with Crippen molar-refractivity contribution in [3.05, 3.63) is 10.8 Å². The van der Waals surface area contributed by atoms with Crippen LogP contribution in [0.5, 0.6) is 0 Å². The van der Waals surface area contributed by atoms with E-state index in [0.717, 1.165) is 17.8 Å². The van der Waals surface area contributed by atoms with E-state index in [1.807, 2.05) is 0 Å². The summed E-state index contributed by atoms with van der Waals surface area (Å²) < 4.78 is 0.613. The molecule has 1 heterocycles. The average Bonchev–Trinajstić information content (AvgIpc) is 2.70. The number of alkyl halides is 1. The van der Waals surface area contributed by atoms with E-state index in [2.05, 4.69) is 26.7 Å². The molecule has 0 aromatic heterocycles. The molecule has 0 aromatic rings. The van der Waals surface area contributed by atoms with Gasteiger partial charge in [-0.15, -0.1) is 0 Å². The van der Waals surface area contributed by atoms with Crippen molar-refractivity contribution in [1.82, 2.24) is 0 Å². The molecule has 0 amide bonds. The van der Waals surface area contributed by atoms with Gasteiger partial charge in [0.1, 0.15) is 0 Å². The molecule has 0 radical (unpaired) electrons. The van der Waals surface area contributed by atoms with Crippen molar-refractivity contribution >= 4 is 47.3 Å². The molecule has 4 heteroatoms. The lowest BCUT2D eigenvalue weighted by Gasteiger charge is -2.54. The summed E-state index contributed by atoms with van der Waals surface area (Å²) >= 11 is 3.96. The van der Waals surface area contributed by atoms with Gasteiger partial charge < -0.3 is 0 Å². The lowest BCUT2D eigenvalue weighted by molar-refractivity contribution is 0.0414. The maximum Gasteiger partial charge on any atom is 0.0266 e. The van der Waals surface area contributed by atoms with Gasteiger partial charge in [0.05, 0.1) is 0 Å². The Kier molecular flexibility index (Phi) is 3.93. The molecule has 4 saturated carbocycles. The molecule has 0 nitrogen and oxygen atoms in total. The van der Waals surface area contributed by atoms with Crippen LogP contribution in [-0.2, 0) is 0 Å². The molecule has 5 rings (SSSR count). The Hall–Kier alpha value is 1.27. The first-order valence-corrected chi connectivity index (χ1v) is 10.5. The van der Waals surface area contributed by atoms with E-state index < -0.39 is 0 Å². The third-order valence-corrected chi connectivity index (χ3v) is 8.56. The number of rotatable bonds is 0. The summed E-state index contributed by atoms with van der Waals surface area (Å²) in [5, 5.41) is 4.16. The largest absolute Gasteiger partial charge is 0.0853 e.